The summed E-state index contributed by atoms with van der Waals surface area (Å²) in [7, 11) is 0. The van der Waals surface area contributed by atoms with Gasteiger partial charge >= 0.3 is 5.97 Å². The van der Waals surface area contributed by atoms with E-state index in [2.05, 4.69) is 18.8 Å². The first kappa shape index (κ1) is 15.0. The number of nitrogens with zero attached hydrogens (tertiary/aromatic N) is 1. The van der Waals surface area contributed by atoms with E-state index < -0.39 is 0 Å². The summed E-state index contributed by atoms with van der Waals surface area (Å²) < 4.78 is 5.20. The zero-order valence-electron chi connectivity index (χ0n) is 11.4. The average Bonchev–Trinajstić information content (AvgIpc) is 2.27. The van der Waals surface area contributed by atoms with Gasteiger partial charge in [-0.05, 0) is 30.4 Å². The zero-order valence-corrected chi connectivity index (χ0v) is 12.1. The van der Waals surface area contributed by atoms with Gasteiger partial charge in [0.25, 0.3) is 0 Å². The van der Waals surface area contributed by atoms with Crippen molar-refractivity contribution in [3.63, 3.8) is 0 Å². The molecule has 0 atom stereocenters. The number of rotatable bonds is 5. The van der Waals surface area contributed by atoms with Crippen LogP contribution in [0.1, 0.15) is 56.1 Å². The quantitative estimate of drug-likeness (QED) is 0.598. The molecule has 0 spiro atoms. The minimum atomic E-state index is -0.332. The second kappa shape index (κ2) is 6.74. The maximum absolute atomic E-state index is 11.8. The standard InChI is InChI=1S/C14H20ClNO2/c1-9(2)5-6-18-14(17)11-7-12(10(3)4)16-13(15)8-11/h7-10H,5-6H2,1-4H3. The van der Waals surface area contributed by atoms with Crippen LogP contribution in [-0.4, -0.2) is 17.6 Å². The third-order valence-electron chi connectivity index (χ3n) is 2.57. The topological polar surface area (TPSA) is 39.2 Å². The lowest BCUT2D eigenvalue weighted by atomic mass is 10.1. The Kier molecular flexibility index (Phi) is 5.60. The lowest BCUT2D eigenvalue weighted by Crippen LogP contribution is -2.09. The molecule has 1 heterocycles. The van der Waals surface area contributed by atoms with E-state index >= 15 is 0 Å². The average molecular weight is 270 g/mol. The largest absolute Gasteiger partial charge is 0.462 e. The van der Waals surface area contributed by atoms with Crippen molar-refractivity contribution in [2.45, 2.75) is 40.0 Å². The summed E-state index contributed by atoms with van der Waals surface area (Å²) in [5.41, 5.74) is 1.28. The molecule has 0 unspecified atom stereocenters. The van der Waals surface area contributed by atoms with Crippen molar-refractivity contribution in [3.05, 3.63) is 28.5 Å². The normalized spacial score (nSPS) is 11.1. The van der Waals surface area contributed by atoms with E-state index in [0.29, 0.717) is 23.2 Å². The summed E-state index contributed by atoms with van der Waals surface area (Å²) >= 11 is 5.90. The molecule has 0 fully saturated rings. The first-order valence-electron chi connectivity index (χ1n) is 6.24. The van der Waals surface area contributed by atoms with Crippen molar-refractivity contribution in [2.24, 2.45) is 5.92 Å². The van der Waals surface area contributed by atoms with E-state index in [1.807, 2.05) is 13.8 Å². The Balaban J connectivity index is 2.73. The van der Waals surface area contributed by atoms with Crippen molar-refractivity contribution in [1.82, 2.24) is 4.98 Å². The number of aromatic nitrogens is 1. The number of ether oxygens (including phenoxy) is 1. The van der Waals surface area contributed by atoms with Crippen molar-refractivity contribution in [3.8, 4) is 0 Å². The molecule has 0 amide bonds. The second-order valence-electron chi connectivity index (χ2n) is 5.08. The van der Waals surface area contributed by atoms with Crippen LogP contribution < -0.4 is 0 Å². The molecule has 0 bridgehead atoms. The minimum Gasteiger partial charge on any atom is -0.462 e. The summed E-state index contributed by atoms with van der Waals surface area (Å²) in [6.45, 7) is 8.63. The summed E-state index contributed by atoms with van der Waals surface area (Å²) in [6, 6.07) is 3.29. The maximum Gasteiger partial charge on any atom is 0.338 e. The number of pyridine rings is 1. The number of halogens is 1. The van der Waals surface area contributed by atoms with Crippen molar-refractivity contribution < 1.29 is 9.53 Å². The van der Waals surface area contributed by atoms with E-state index in [1.165, 1.54) is 0 Å². The van der Waals surface area contributed by atoms with Crippen molar-refractivity contribution >= 4 is 17.6 Å². The number of hydrogen-bond acceptors (Lipinski definition) is 3. The number of carbonyl (C=O) groups is 1. The van der Waals surface area contributed by atoms with Crippen LogP contribution in [0.3, 0.4) is 0 Å². The van der Waals surface area contributed by atoms with Gasteiger partial charge in [-0.15, -0.1) is 0 Å². The Morgan fingerprint density at radius 3 is 2.56 bits per heavy atom. The molecular formula is C14H20ClNO2. The molecule has 1 aromatic heterocycles. The molecule has 0 saturated carbocycles. The fourth-order valence-electron chi connectivity index (χ4n) is 1.40. The minimum absolute atomic E-state index is 0.228. The second-order valence-corrected chi connectivity index (χ2v) is 5.46. The SMILES string of the molecule is CC(C)CCOC(=O)c1cc(Cl)nc(C(C)C)c1. The molecular weight excluding hydrogens is 250 g/mol. The number of carbonyl (C=O) groups excluding carboxylic acids is 1. The van der Waals surface area contributed by atoms with Gasteiger partial charge in [-0.1, -0.05) is 39.3 Å². The molecule has 0 radical (unpaired) electrons. The Morgan fingerprint density at radius 1 is 1.33 bits per heavy atom. The van der Waals surface area contributed by atoms with Crippen molar-refractivity contribution in [1.29, 1.82) is 0 Å². The molecule has 0 aliphatic rings. The third-order valence-corrected chi connectivity index (χ3v) is 2.76. The highest BCUT2D eigenvalue weighted by Crippen LogP contribution is 2.18. The van der Waals surface area contributed by atoms with Crippen molar-refractivity contribution in [2.75, 3.05) is 6.61 Å². The van der Waals surface area contributed by atoms with Gasteiger partial charge in [-0.3, -0.25) is 0 Å². The highest BCUT2D eigenvalue weighted by Gasteiger charge is 2.12. The van der Waals surface area contributed by atoms with Crippen LogP contribution >= 0.6 is 11.6 Å². The Morgan fingerprint density at radius 2 is 2.00 bits per heavy atom. The van der Waals surface area contributed by atoms with Crippen LogP contribution in [-0.2, 0) is 4.74 Å². The van der Waals surface area contributed by atoms with Crippen LogP contribution in [0.15, 0.2) is 12.1 Å². The summed E-state index contributed by atoms with van der Waals surface area (Å²) in [5, 5.41) is 0.331. The summed E-state index contributed by atoms with van der Waals surface area (Å²) in [5.74, 6) is 0.415. The van der Waals surface area contributed by atoms with E-state index in [-0.39, 0.29) is 11.9 Å². The van der Waals surface area contributed by atoms with Gasteiger partial charge in [0.15, 0.2) is 0 Å². The highest BCUT2D eigenvalue weighted by molar-refractivity contribution is 6.29. The molecule has 18 heavy (non-hydrogen) atoms. The fraction of sp³-hybridized carbons (Fsp3) is 0.571. The van der Waals surface area contributed by atoms with Gasteiger partial charge in [-0.25, -0.2) is 9.78 Å². The van der Waals surface area contributed by atoms with Gasteiger partial charge in [0, 0.05) is 5.69 Å². The summed E-state index contributed by atoms with van der Waals surface area (Å²) in [4.78, 5) is 16.0. The van der Waals surface area contributed by atoms with E-state index in [4.69, 9.17) is 16.3 Å². The third kappa shape index (κ3) is 4.65. The van der Waals surface area contributed by atoms with Gasteiger partial charge in [0.1, 0.15) is 5.15 Å². The number of esters is 1. The molecule has 3 nitrogen and oxygen atoms in total. The van der Waals surface area contributed by atoms with E-state index in [0.717, 1.165) is 12.1 Å². The van der Waals surface area contributed by atoms with Gasteiger partial charge < -0.3 is 4.74 Å². The van der Waals surface area contributed by atoms with Crippen LogP contribution in [0.5, 0.6) is 0 Å². The predicted octanol–water partition coefficient (Wildman–Crippen LogP) is 4.06. The van der Waals surface area contributed by atoms with E-state index in [9.17, 15) is 4.79 Å². The first-order valence-corrected chi connectivity index (χ1v) is 6.62. The lowest BCUT2D eigenvalue weighted by molar-refractivity contribution is 0.0488. The molecule has 0 saturated heterocycles. The maximum atomic E-state index is 11.8. The molecule has 1 aromatic rings. The smallest absolute Gasteiger partial charge is 0.338 e. The van der Waals surface area contributed by atoms with Crippen LogP contribution in [0.4, 0.5) is 0 Å². The van der Waals surface area contributed by atoms with Crippen LogP contribution in [0, 0.1) is 5.92 Å². The van der Waals surface area contributed by atoms with Crippen LogP contribution in [0.2, 0.25) is 5.15 Å². The Labute approximate surface area is 114 Å². The molecule has 0 aromatic carbocycles. The number of hydrogen-bond donors (Lipinski definition) is 0. The van der Waals surface area contributed by atoms with Crippen LogP contribution in [0.25, 0.3) is 0 Å². The Hall–Kier alpha value is -1.09. The molecule has 100 valence electrons. The monoisotopic (exact) mass is 269 g/mol. The Bertz CT molecular complexity index is 416. The molecule has 0 aliphatic carbocycles. The van der Waals surface area contributed by atoms with Gasteiger partial charge in [0.05, 0.1) is 12.2 Å². The highest BCUT2D eigenvalue weighted by atomic mass is 35.5. The molecule has 0 aliphatic heterocycles. The van der Waals surface area contributed by atoms with Gasteiger partial charge in [-0.2, -0.15) is 0 Å². The molecule has 0 N–H and O–H groups in total. The molecule has 1 rings (SSSR count). The summed E-state index contributed by atoms with van der Waals surface area (Å²) in [6.07, 6.45) is 0.863. The zero-order chi connectivity index (χ0) is 13.7. The first-order chi connectivity index (χ1) is 8.40. The van der Waals surface area contributed by atoms with Gasteiger partial charge in [0.2, 0.25) is 0 Å². The lowest BCUT2D eigenvalue weighted by Gasteiger charge is -2.09. The van der Waals surface area contributed by atoms with E-state index in [1.54, 1.807) is 12.1 Å². The fourth-order valence-corrected chi connectivity index (χ4v) is 1.62. The molecule has 4 heteroatoms. The predicted molar refractivity (Wildman–Crippen MR) is 73.1 cm³/mol.